The van der Waals surface area contributed by atoms with E-state index in [1.165, 1.54) is 40.9 Å². The molecule has 2 amide bonds. The molecule has 7 nitrogen and oxygen atoms in total. The second-order valence-corrected chi connectivity index (χ2v) is 11.4. The number of hydrogen-bond acceptors (Lipinski definition) is 5. The number of anilines is 1. The third-order valence-electron chi connectivity index (χ3n) is 7.40. The molecule has 1 aliphatic heterocycles. The van der Waals surface area contributed by atoms with E-state index in [0.717, 1.165) is 6.07 Å². The van der Waals surface area contributed by atoms with Crippen molar-refractivity contribution in [2.45, 2.75) is 11.8 Å². The molecule has 2 heterocycles. The summed E-state index contributed by atoms with van der Waals surface area (Å²) in [5.74, 6) is -1.90. The van der Waals surface area contributed by atoms with E-state index in [-0.39, 0.29) is 24.4 Å². The summed E-state index contributed by atoms with van der Waals surface area (Å²) < 4.78 is 49.7. The first-order chi connectivity index (χ1) is 21.8. The van der Waals surface area contributed by atoms with Crippen LogP contribution in [-0.4, -0.2) is 41.0 Å². The maximum atomic E-state index is 15.4. The van der Waals surface area contributed by atoms with Crippen LogP contribution >= 0.6 is 11.8 Å². The van der Waals surface area contributed by atoms with Gasteiger partial charge in [-0.25, -0.2) is 17.9 Å². The minimum absolute atomic E-state index is 0.0851. The Morgan fingerprint density at radius 1 is 0.956 bits per heavy atom. The number of carbonyl (C=O) groups is 2. The highest BCUT2D eigenvalue weighted by Crippen LogP contribution is 2.49. The van der Waals surface area contributed by atoms with Gasteiger partial charge in [0.25, 0.3) is 0 Å². The zero-order valence-electron chi connectivity index (χ0n) is 24.0. The fourth-order valence-corrected chi connectivity index (χ4v) is 6.41. The molecule has 0 unspecified atom stereocenters. The first kappa shape index (κ1) is 30.0. The van der Waals surface area contributed by atoms with Crippen LogP contribution in [0.4, 0.5) is 19.0 Å². The normalized spacial score (nSPS) is 14.5. The Bertz CT molecular complexity index is 1850. The first-order valence-corrected chi connectivity index (χ1v) is 15.1. The molecule has 228 valence electrons. The van der Waals surface area contributed by atoms with Crippen molar-refractivity contribution in [3.05, 3.63) is 131 Å². The number of amides is 2. The molecule has 0 saturated heterocycles. The number of nitrogens with zero attached hydrogens (tertiary/aromatic N) is 3. The SMILES string of the molecule is COc1ccc(-n2nc(-c3ccccc3)c3c2N(CC(=O)NCc2ccc(F)cc2)C(=O)CS[C@H]3c2ccc(F)cc2F)cc1. The summed E-state index contributed by atoms with van der Waals surface area (Å²) in [4.78, 5) is 28.5. The van der Waals surface area contributed by atoms with Gasteiger partial charge in [0.2, 0.25) is 11.8 Å². The molecule has 0 radical (unpaired) electrons. The van der Waals surface area contributed by atoms with Gasteiger partial charge in [-0.15, -0.1) is 11.8 Å². The molecule has 11 heteroatoms. The van der Waals surface area contributed by atoms with E-state index in [4.69, 9.17) is 9.84 Å². The second-order valence-electron chi connectivity index (χ2n) is 10.3. The topological polar surface area (TPSA) is 76.5 Å². The van der Waals surface area contributed by atoms with Gasteiger partial charge in [-0.1, -0.05) is 48.5 Å². The summed E-state index contributed by atoms with van der Waals surface area (Å²) in [6.07, 6.45) is 0. The van der Waals surface area contributed by atoms with Crippen molar-refractivity contribution in [3.63, 3.8) is 0 Å². The van der Waals surface area contributed by atoms with E-state index < -0.39 is 34.5 Å². The van der Waals surface area contributed by atoms with Crippen molar-refractivity contribution < 1.29 is 27.5 Å². The number of halogens is 3. The highest BCUT2D eigenvalue weighted by atomic mass is 32.2. The fraction of sp³-hybridized carbons (Fsp3) is 0.147. The van der Waals surface area contributed by atoms with Crippen LogP contribution in [0, 0.1) is 17.5 Å². The Hall–Kier alpha value is -5.03. The van der Waals surface area contributed by atoms with Gasteiger partial charge in [-0.2, -0.15) is 5.10 Å². The van der Waals surface area contributed by atoms with Crippen molar-refractivity contribution in [2.75, 3.05) is 24.3 Å². The monoisotopic (exact) mass is 628 g/mol. The number of nitrogens with one attached hydrogen (secondary N) is 1. The highest BCUT2D eigenvalue weighted by Gasteiger charge is 2.38. The first-order valence-electron chi connectivity index (χ1n) is 14.0. The van der Waals surface area contributed by atoms with Gasteiger partial charge in [0.15, 0.2) is 0 Å². The minimum atomic E-state index is -0.765. The molecule has 1 aromatic heterocycles. The summed E-state index contributed by atoms with van der Waals surface area (Å²) in [6, 6.07) is 25.4. The molecule has 1 aliphatic rings. The Kier molecular flexibility index (Phi) is 8.61. The van der Waals surface area contributed by atoms with Crippen molar-refractivity contribution in [1.82, 2.24) is 15.1 Å². The van der Waals surface area contributed by atoms with Gasteiger partial charge in [-0.3, -0.25) is 14.5 Å². The predicted octanol–water partition coefficient (Wildman–Crippen LogP) is 6.45. The van der Waals surface area contributed by atoms with Crippen molar-refractivity contribution in [1.29, 1.82) is 0 Å². The molecule has 0 spiro atoms. The van der Waals surface area contributed by atoms with Crippen LogP contribution in [0.15, 0.2) is 97.1 Å². The lowest BCUT2D eigenvalue weighted by Gasteiger charge is -2.23. The van der Waals surface area contributed by atoms with E-state index in [1.54, 1.807) is 48.2 Å². The van der Waals surface area contributed by atoms with Gasteiger partial charge >= 0.3 is 0 Å². The molecule has 1 atom stereocenters. The molecule has 1 N–H and O–H groups in total. The second kappa shape index (κ2) is 12.9. The fourth-order valence-electron chi connectivity index (χ4n) is 5.19. The summed E-state index contributed by atoms with van der Waals surface area (Å²) in [5.41, 5.74) is 3.14. The van der Waals surface area contributed by atoms with E-state index >= 15 is 4.39 Å². The number of hydrogen-bond donors (Lipinski definition) is 1. The smallest absolute Gasteiger partial charge is 0.240 e. The Labute approximate surface area is 261 Å². The van der Waals surface area contributed by atoms with E-state index in [2.05, 4.69) is 5.32 Å². The van der Waals surface area contributed by atoms with Crippen LogP contribution in [0.25, 0.3) is 16.9 Å². The lowest BCUT2D eigenvalue weighted by molar-refractivity contribution is -0.123. The molecule has 0 fully saturated rings. The quantitative estimate of drug-likeness (QED) is 0.214. The average Bonchev–Trinajstić information content (AvgIpc) is 3.38. The van der Waals surface area contributed by atoms with Crippen LogP contribution in [0.5, 0.6) is 5.75 Å². The van der Waals surface area contributed by atoms with Gasteiger partial charge in [0.05, 0.1) is 29.5 Å². The van der Waals surface area contributed by atoms with Gasteiger partial charge in [0.1, 0.15) is 35.6 Å². The number of ether oxygens (including phenoxy) is 1. The number of carbonyl (C=O) groups excluding carboxylic acids is 2. The lowest BCUT2D eigenvalue weighted by atomic mass is 9.99. The molecule has 0 bridgehead atoms. The molecular formula is C34H27F3N4O3S. The van der Waals surface area contributed by atoms with Gasteiger partial charge in [-0.05, 0) is 48.0 Å². The van der Waals surface area contributed by atoms with Crippen molar-refractivity contribution in [3.8, 4) is 22.7 Å². The standard InChI is InChI=1S/C34H27F3N4O3S/c1-44-26-14-12-25(13-15-26)41-34-31(32(39-41)22-5-3-2-4-6-22)33(27-16-11-24(36)17-28(27)37)45-20-30(43)40(34)19-29(42)38-18-21-7-9-23(35)10-8-21/h2-17,33H,18-20H2,1H3,(H,38,42)/t33-/m0/s1. The zero-order valence-corrected chi connectivity index (χ0v) is 24.9. The Morgan fingerprint density at radius 3 is 2.36 bits per heavy atom. The summed E-state index contributed by atoms with van der Waals surface area (Å²) in [5, 5.41) is 6.98. The zero-order chi connectivity index (χ0) is 31.5. The summed E-state index contributed by atoms with van der Waals surface area (Å²) >= 11 is 1.18. The summed E-state index contributed by atoms with van der Waals surface area (Å²) in [6.45, 7) is -0.235. The molecular weight excluding hydrogens is 601 g/mol. The van der Waals surface area contributed by atoms with Crippen molar-refractivity contribution >= 4 is 29.4 Å². The highest BCUT2D eigenvalue weighted by molar-refractivity contribution is 8.00. The maximum Gasteiger partial charge on any atom is 0.240 e. The minimum Gasteiger partial charge on any atom is -0.497 e. The number of methoxy groups -OCH3 is 1. The van der Waals surface area contributed by atoms with Crippen molar-refractivity contribution in [2.24, 2.45) is 0 Å². The van der Waals surface area contributed by atoms with Crippen LogP contribution in [0.1, 0.15) is 21.9 Å². The van der Waals surface area contributed by atoms with Crippen LogP contribution < -0.4 is 15.0 Å². The average molecular weight is 629 g/mol. The van der Waals surface area contributed by atoms with E-state index in [0.29, 0.717) is 39.6 Å². The molecule has 0 saturated carbocycles. The third kappa shape index (κ3) is 6.30. The number of benzene rings is 4. The maximum absolute atomic E-state index is 15.4. The molecule has 4 aromatic carbocycles. The Morgan fingerprint density at radius 2 is 1.67 bits per heavy atom. The molecule has 5 aromatic rings. The number of thioether (sulfide) groups is 1. The van der Waals surface area contributed by atoms with Gasteiger partial charge < -0.3 is 10.1 Å². The van der Waals surface area contributed by atoms with E-state index in [9.17, 15) is 18.4 Å². The predicted molar refractivity (Wildman–Crippen MR) is 167 cm³/mol. The van der Waals surface area contributed by atoms with Crippen LogP contribution in [-0.2, 0) is 16.1 Å². The molecule has 45 heavy (non-hydrogen) atoms. The number of aromatic nitrogens is 2. The summed E-state index contributed by atoms with van der Waals surface area (Å²) in [7, 11) is 1.55. The number of fused-ring (bicyclic) bond motifs is 1. The Balaban J connectivity index is 1.51. The number of rotatable bonds is 8. The van der Waals surface area contributed by atoms with E-state index in [1.807, 2.05) is 30.3 Å². The molecule has 0 aliphatic carbocycles. The lowest BCUT2D eigenvalue weighted by Crippen LogP contribution is -2.42. The van der Waals surface area contributed by atoms with Crippen LogP contribution in [0.2, 0.25) is 0 Å². The van der Waals surface area contributed by atoms with Gasteiger partial charge in [0, 0.05) is 29.3 Å². The molecule has 6 rings (SSSR count). The third-order valence-corrected chi connectivity index (χ3v) is 8.64. The van der Waals surface area contributed by atoms with Crippen LogP contribution in [0.3, 0.4) is 0 Å². The largest absolute Gasteiger partial charge is 0.497 e.